The number of hydrogen-bond acceptors (Lipinski definition) is 6. The maximum Gasteiger partial charge on any atom is 0.255 e. The number of pyridine rings is 1. The zero-order valence-corrected chi connectivity index (χ0v) is 16.7. The van der Waals surface area contributed by atoms with Crippen LogP contribution in [0, 0.1) is 13.8 Å². The summed E-state index contributed by atoms with van der Waals surface area (Å²) in [6.07, 6.45) is 3.39. The molecule has 1 amide bonds. The van der Waals surface area contributed by atoms with Crippen molar-refractivity contribution in [3.8, 4) is 5.75 Å². The SMILES string of the molecule is Cc1noc(C)c1COc1ccc(C(=O)Nc2cc(Br)cn3cnnc23)cc1. The number of aryl methyl sites for hydroxylation is 2. The minimum Gasteiger partial charge on any atom is -0.489 e. The molecule has 0 aliphatic heterocycles. The van der Waals surface area contributed by atoms with Gasteiger partial charge in [-0.15, -0.1) is 10.2 Å². The minimum atomic E-state index is -0.250. The van der Waals surface area contributed by atoms with Crippen molar-refractivity contribution in [2.24, 2.45) is 0 Å². The standard InChI is InChI=1S/C19H16BrN5O3/c1-11-16(12(2)28-24-11)9-27-15-5-3-13(4-6-15)19(26)22-17-7-14(20)8-25-10-21-23-18(17)25/h3-8,10H,9H2,1-2H3,(H,22,26). The molecule has 0 aliphatic carbocycles. The van der Waals surface area contributed by atoms with E-state index in [-0.39, 0.29) is 5.91 Å². The first kappa shape index (κ1) is 18.2. The van der Waals surface area contributed by atoms with E-state index in [1.54, 1.807) is 41.1 Å². The molecule has 142 valence electrons. The molecule has 4 rings (SSSR count). The first-order valence-corrected chi connectivity index (χ1v) is 9.25. The summed E-state index contributed by atoms with van der Waals surface area (Å²) in [7, 11) is 0. The van der Waals surface area contributed by atoms with Gasteiger partial charge in [0.15, 0.2) is 5.65 Å². The van der Waals surface area contributed by atoms with Crippen molar-refractivity contribution in [1.29, 1.82) is 0 Å². The number of carbonyl (C=O) groups is 1. The Labute approximate surface area is 168 Å². The molecule has 1 aromatic carbocycles. The molecular formula is C19H16BrN5O3. The van der Waals surface area contributed by atoms with E-state index in [2.05, 4.69) is 36.6 Å². The molecule has 3 heterocycles. The fraction of sp³-hybridized carbons (Fsp3) is 0.158. The van der Waals surface area contributed by atoms with Crippen LogP contribution >= 0.6 is 15.9 Å². The molecule has 0 unspecified atom stereocenters. The van der Waals surface area contributed by atoms with Gasteiger partial charge < -0.3 is 14.6 Å². The number of nitrogens with zero attached hydrogens (tertiary/aromatic N) is 4. The molecule has 0 atom stereocenters. The Bertz CT molecular complexity index is 1130. The summed E-state index contributed by atoms with van der Waals surface area (Å²) >= 11 is 3.41. The summed E-state index contributed by atoms with van der Waals surface area (Å²) in [5.41, 5.74) is 3.37. The smallest absolute Gasteiger partial charge is 0.255 e. The highest BCUT2D eigenvalue weighted by atomic mass is 79.9. The van der Waals surface area contributed by atoms with Crippen LogP contribution in [0.2, 0.25) is 0 Å². The number of aromatic nitrogens is 4. The van der Waals surface area contributed by atoms with Gasteiger partial charge in [0.2, 0.25) is 0 Å². The van der Waals surface area contributed by atoms with Gasteiger partial charge in [-0.2, -0.15) is 0 Å². The Kier molecular flexibility index (Phi) is 4.82. The second-order valence-electron chi connectivity index (χ2n) is 6.20. The Morgan fingerprint density at radius 2 is 2.07 bits per heavy atom. The highest BCUT2D eigenvalue weighted by Gasteiger charge is 2.12. The second kappa shape index (κ2) is 7.43. The average molecular weight is 442 g/mol. The van der Waals surface area contributed by atoms with Crippen molar-refractivity contribution in [2.45, 2.75) is 20.5 Å². The Balaban J connectivity index is 1.46. The first-order valence-electron chi connectivity index (χ1n) is 8.46. The van der Waals surface area contributed by atoms with Gasteiger partial charge in [-0.25, -0.2) is 0 Å². The molecule has 1 N–H and O–H groups in total. The largest absolute Gasteiger partial charge is 0.489 e. The van der Waals surface area contributed by atoms with Gasteiger partial charge in [-0.05, 0) is 60.1 Å². The highest BCUT2D eigenvalue weighted by molar-refractivity contribution is 9.10. The molecule has 0 radical (unpaired) electrons. The summed E-state index contributed by atoms with van der Waals surface area (Å²) in [4.78, 5) is 12.6. The fourth-order valence-corrected chi connectivity index (χ4v) is 3.20. The molecule has 3 aromatic heterocycles. The monoisotopic (exact) mass is 441 g/mol. The molecule has 28 heavy (non-hydrogen) atoms. The van der Waals surface area contributed by atoms with Crippen molar-refractivity contribution in [3.05, 3.63) is 69.9 Å². The lowest BCUT2D eigenvalue weighted by molar-refractivity contribution is 0.102. The molecule has 8 nitrogen and oxygen atoms in total. The van der Waals surface area contributed by atoms with Crippen LogP contribution in [0.15, 0.2) is 51.9 Å². The van der Waals surface area contributed by atoms with Gasteiger partial charge in [0.1, 0.15) is 24.4 Å². The number of benzene rings is 1. The third-order valence-corrected chi connectivity index (χ3v) is 4.72. The van der Waals surface area contributed by atoms with Crippen molar-refractivity contribution in [3.63, 3.8) is 0 Å². The van der Waals surface area contributed by atoms with Gasteiger partial charge in [0.05, 0.1) is 16.9 Å². The highest BCUT2D eigenvalue weighted by Crippen LogP contribution is 2.22. The third-order valence-electron chi connectivity index (χ3n) is 4.29. The maximum absolute atomic E-state index is 12.6. The molecular weight excluding hydrogens is 426 g/mol. The van der Waals surface area contributed by atoms with E-state index >= 15 is 0 Å². The van der Waals surface area contributed by atoms with Crippen molar-refractivity contribution >= 4 is 33.2 Å². The van der Waals surface area contributed by atoms with E-state index < -0.39 is 0 Å². The fourth-order valence-electron chi connectivity index (χ4n) is 2.75. The molecule has 9 heteroatoms. The summed E-state index contributed by atoms with van der Waals surface area (Å²) in [6, 6.07) is 8.69. The molecule has 0 fully saturated rings. The van der Waals surface area contributed by atoms with Crippen LogP contribution < -0.4 is 10.1 Å². The maximum atomic E-state index is 12.6. The molecule has 0 spiro atoms. The minimum absolute atomic E-state index is 0.250. The summed E-state index contributed by atoms with van der Waals surface area (Å²) in [5, 5.41) is 14.7. The number of nitrogens with one attached hydrogen (secondary N) is 1. The topological polar surface area (TPSA) is 94.5 Å². The zero-order valence-electron chi connectivity index (χ0n) is 15.1. The van der Waals surface area contributed by atoms with Crippen molar-refractivity contribution in [2.75, 3.05) is 5.32 Å². The summed E-state index contributed by atoms with van der Waals surface area (Å²) in [5.74, 6) is 1.14. The van der Waals surface area contributed by atoms with Gasteiger partial charge in [-0.1, -0.05) is 5.16 Å². The number of rotatable bonds is 5. The summed E-state index contributed by atoms with van der Waals surface area (Å²) < 4.78 is 13.4. The van der Waals surface area contributed by atoms with Crippen LogP contribution in [0.1, 0.15) is 27.4 Å². The van der Waals surface area contributed by atoms with Gasteiger partial charge in [-0.3, -0.25) is 9.20 Å². The van der Waals surface area contributed by atoms with Gasteiger partial charge in [0.25, 0.3) is 5.91 Å². The van der Waals surface area contributed by atoms with E-state index in [9.17, 15) is 4.79 Å². The van der Waals surface area contributed by atoms with E-state index in [4.69, 9.17) is 9.26 Å². The molecule has 0 saturated carbocycles. The molecule has 0 bridgehead atoms. The van der Waals surface area contributed by atoms with Crippen LogP contribution in [-0.2, 0) is 6.61 Å². The van der Waals surface area contributed by atoms with Crippen LogP contribution in [0.4, 0.5) is 5.69 Å². The van der Waals surface area contributed by atoms with Crippen LogP contribution in [-0.4, -0.2) is 25.7 Å². The normalized spacial score (nSPS) is 11.0. The van der Waals surface area contributed by atoms with Gasteiger partial charge >= 0.3 is 0 Å². The summed E-state index contributed by atoms with van der Waals surface area (Å²) in [6.45, 7) is 4.08. The lowest BCUT2D eigenvalue weighted by atomic mass is 10.2. The molecule has 0 aliphatic rings. The van der Waals surface area contributed by atoms with E-state index in [1.807, 2.05) is 20.0 Å². The number of halogens is 1. The number of fused-ring (bicyclic) bond motifs is 1. The second-order valence-corrected chi connectivity index (χ2v) is 7.12. The van der Waals surface area contributed by atoms with Crippen molar-refractivity contribution < 1.29 is 14.1 Å². The predicted molar refractivity (Wildman–Crippen MR) is 105 cm³/mol. The third kappa shape index (κ3) is 3.61. The number of amides is 1. The Morgan fingerprint density at radius 3 is 2.79 bits per heavy atom. The Hall–Kier alpha value is -3.20. The lowest BCUT2D eigenvalue weighted by Crippen LogP contribution is -2.12. The van der Waals surface area contributed by atoms with Crippen molar-refractivity contribution in [1.82, 2.24) is 19.8 Å². The van der Waals surface area contributed by atoms with E-state index in [1.165, 1.54) is 0 Å². The first-order chi connectivity index (χ1) is 13.5. The predicted octanol–water partition coefficient (Wildman–Crippen LogP) is 3.93. The van der Waals surface area contributed by atoms with Crippen LogP contribution in [0.5, 0.6) is 5.75 Å². The number of anilines is 1. The molecule has 4 aromatic rings. The lowest BCUT2D eigenvalue weighted by Gasteiger charge is -2.09. The quantitative estimate of drug-likeness (QED) is 0.504. The van der Waals surface area contributed by atoms with Crippen LogP contribution in [0.25, 0.3) is 5.65 Å². The number of ether oxygens (including phenoxy) is 1. The average Bonchev–Trinajstić information content (AvgIpc) is 3.27. The molecule has 0 saturated heterocycles. The Morgan fingerprint density at radius 1 is 1.29 bits per heavy atom. The van der Waals surface area contributed by atoms with E-state index in [0.29, 0.717) is 29.3 Å². The van der Waals surface area contributed by atoms with Crippen LogP contribution in [0.3, 0.4) is 0 Å². The van der Waals surface area contributed by atoms with Gasteiger partial charge in [0, 0.05) is 16.2 Å². The number of hydrogen-bond donors (Lipinski definition) is 1. The zero-order chi connectivity index (χ0) is 19.7. The van der Waals surface area contributed by atoms with E-state index in [0.717, 1.165) is 21.5 Å². The number of carbonyl (C=O) groups excluding carboxylic acids is 1.